The molecule has 1 fully saturated rings. The van der Waals surface area contributed by atoms with Crippen molar-refractivity contribution in [3.8, 4) is 12.1 Å². The largest absolute Gasteiger partial charge is 0.490 e. The van der Waals surface area contributed by atoms with Gasteiger partial charge >= 0.3 is 18.1 Å². The Morgan fingerprint density at radius 1 is 1.12 bits per heavy atom. The minimum atomic E-state index is -5.08. The highest BCUT2D eigenvalue weighted by molar-refractivity contribution is 7.11. The van der Waals surface area contributed by atoms with Crippen LogP contribution in [0.3, 0.4) is 0 Å². The van der Waals surface area contributed by atoms with Crippen molar-refractivity contribution < 1.29 is 46.5 Å². The molecule has 0 saturated carbocycles. The Morgan fingerprint density at radius 3 is 2.06 bits per heavy atom. The molecular formula is C30H37F5N8O5S2. The molecule has 20 heteroatoms. The van der Waals surface area contributed by atoms with E-state index in [2.05, 4.69) is 25.7 Å². The van der Waals surface area contributed by atoms with Crippen molar-refractivity contribution in [1.82, 2.24) is 10.3 Å². The first-order valence-electron chi connectivity index (χ1n) is 14.3. The van der Waals surface area contributed by atoms with Crippen molar-refractivity contribution in [2.24, 2.45) is 15.8 Å². The van der Waals surface area contributed by atoms with Gasteiger partial charge in [-0.2, -0.15) is 35.0 Å². The lowest BCUT2D eigenvalue weighted by molar-refractivity contribution is -0.196. The third-order valence-electron chi connectivity index (χ3n) is 5.67. The van der Waals surface area contributed by atoms with E-state index in [1.807, 2.05) is 36.7 Å². The molecule has 0 spiro atoms. The second-order valence-electron chi connectivity index (χ2n) is 10.7. The first kappa shape index (κ1) is 45.1. The molecule has 2 aromatic heterocycles. The lowest BCUT2D eigenvalue weighted by Gasteiger charge is -2.35. The quantitative estimate of drug-likeness (QED) is 0.211. The molecule has 0 aromatic carbocycles. The molecule has 0 aliphatic carbocycles. The number of carbonyl (C=O) groups is 3. The topological polar surface area (TPSA) is 206 Å². The van der Waals surface area contributed by atoms with Crippen molar-refractivity contribution in [2.75, 3.05) is 18.4 Å². The van der Waals surface area contributed by atoms with E-state index in [1.165, 1.54) is 48.7 Å². The van der Waals surface area contributed by atoms with E-state index in [4.69, 9.17) is 26.2 Å². The van der Waals surface area contributed by atoms with E-state index >= 15 is 0 Å². The highest BCUT2D eigenvalue weighted by Crippen LogP contribution is 2.25. The number of allylic oxidation sites excluding steroid dienone is 1. The zero-order chi connectivity index (χ0) is 38.5. The Balaban J connectivity index is 0.000000699. The highest BCUT2D eigenvalue weighted by Gasteiger charge is 2.38. The SMILES string of the molecule is C/C=C(/C(=O)Nc1ccsc1C#N)N1N=C(N)N=CC1(C)C.C1CCNCC1.CC(C)(F)C(=O)OF.N#Cc1ccsc1.O=C(O)C(F)(F)F. The minimum absolute atomic E-state index is 0.0831. The summed E-state index contributed by atoms with van der Waals surface area (Å²) in [4.78, 5) is 38.3. The van der Waals surface area contributed by atoms with Crippen molar-refractivity contribution in [3.63, 3.8) is 0 Å². The smallest absolute Gasteiger partial charge is 0.475 e. The fraction of sp³-hybridized carbons (Fsp3) is 0.433. The molecule has 4 rings (SSSR count). The molecule has 0 radical (unpaired) electrons. The number of anilines is 1. The van der Waals surface area contributed by atoms with Crippen molar-refractivity contribution in [3.05, 3.63) is 50.5 Å². The van der Waals surface area contributed by atoms with Gasteiger partial charge in [0.2, 0.25) is 11.6 Å². The number of rotatable bonds is 4. The van der Waals surface area contributed by atoms with Crippen LogP contribution < -0.4 is 16.4 Å². The zero-order valence-electron chi connectivity index (χ0n) is 27.7. The molecule has 2 aromatic rings. The monoisotopic (exact) mass is 748 g/mol. The molecule has 0 atom stereocenters. The number of guanidine groups is 1. The second kappa shape index (κ2) is 21.9. The number of nitrogens with two attached hydrogens (primary N) is 1. The van der Waals surface area contributed by atoms with Gasteiger partial charge in [-0.15, -0.1) is 16.4 Å². The molecule has 0 unspecified atom stereocenters. The maximum absolute atomic E-state index is 12.5. The Morgan fingerprint density at radius 2 is 1.72 bits per heavy atom. The molecule has 274 valence electrons. The summed E-state index contributed by atoms with van der Waals surface area (Å²) in [5.74, 6) is -4.54. The average Bonchev–Trinajstić information content (AvgIpc) is 3.76. The van der Waals surface area contributed by atoms with Crippen LogP contribution in [0.5, 0.6) is 0 Å². The van der Waals surface area contributed by atoms with Crippen LogP contribution in [0.2, 0.25) is 0 Å². The summed E-state index contributed by atoms with van der Waals surface area (Å²) in [6.07, 6.45) is 2.41. The van der Waals surface area contributed by atoms with E-state index in [0.717, 1.165) is 19.4 Å². The van der Waals surface area contributed by atoms with Gasteiger partial charge in [0.1, 0.15) is 16.6 Å². The van der Waals surface area contributed by atoms with Gasteiger partial charge in [0.05, 0.1) is 22.9 Å². The first-order chi connectivity index (χ1) is 23.2. The summed E-state index contributed by atoms with van der Waals surface area (Å²) >= 11 is 2.81. The molecule has 13 nitrogen and oxygen atoms in total. The molecule has 0 bridgehead atoms. The molecule has 1 amide bonds. The summed E-state index contributed by atoms with van der Waals surface area (Å²) in [6, 6.07) is 7.55. The number of carbonyl (C=O) groups excluding carboxylic acids is 2. The van der Waals surface area contributed by atoms with Crippen LogP contribution in [-0.4, -0.2) is 70.6 Å². The molecule has 2 aliphatic rings. The number of aliphatic imine (C=N–C) groups is 1. The number of halogens is 5. The lowest BCUT2D eigenvalue weighted by atomic mass is 10.1. The molecular weight excluding hydrogens is 712 g/mol. The number of thiophene rings is 2. The van der Waals surface area contributed by atoms with E-state index in [-0.39, 0.29) is 11.9 Å². The number of piperidine rings is 1. The van der Waals surface area contributed by atoms with Crippen LogP contribution in [0, 0.1) is 22.7 Å². The van der Waals surface area contributed by atoms with Crippen LogP contribution >= 0.6 is 22.7 Å². The van der Waals surface area contributed by atoms with E-state index in [1.54, 1.807) is 48.1 Å². The Labute approximate surface area is 293 Å². The van der Waals surface area contributed by atoms with Crippen LogP contribution in [0.15, 0.2) is 50.1 Å². The van der Waals surface area contributed by atoms with Crippen LogP contribution in [0.1, 0.15) is 64.3 Å². The fourth-order valence-electron chi connectivity index (χ4n) is 3.15. The van der Waals surface area contributed by atoms with Crippen molar-refractivity contribution in [1.29, 1.82) is 10.5 Å². The van der Waals surface area contributed by atoms with Crippen LogP contribution in [0.4, 0.5) is 27.8 Å². The number of aliphatic carboxylic acids is 1. The summed E-state index contributed by atoms with van der Waals surface area (Å²) in [5, 5.41) is 41.4. The van der Waals surface area contributed by atoms with Gasteiger partial charge in [0, 0.05) is 16.1 Å². The summed E-state index contributed by atoms with van der Waals surface area (Å²) in [6.45, 7) is 9.80. The number of nitrogens with zero attached hydrogens (tertiary/aromatic N) is 5. The molecule has 1 saturated heterocycles. The van der Waals surface area contributed by atoms with Gasteiger partial charge < -0.3 is 21.5 Å². The molecule has 2 aliphatic heterocycles. The number of hydrazone groups is 1. The second-order valence-corrected chi connectivity index (χ2v) is 12.4. The fourth-order valence-corrected chi connectivity index (χ4v) is 4.37. The number of carboxylic acids is 1. The average molecular weight is 749 g/mol. The molecule has 4 heterocycles. The summed E-state index contributed by atoms with van der Waals surface area (Å²) in [5.41, 5.74) is 4.38. The first-order valence-corrected chi connectivity index (χ1v) is 16.2. The number of nitriles is 2. The number of alkyl halides is 4. The Kier molecular flexibility index (Phi) is 19.8. The number of hydrogen-bond donors (Lipinski definition) is 4. The van der Waals surface area contributed by atoms with Crippen LogP contribution in [-0.2, 0) is 19.3 Å². The molecule has 5 N–H and O–H groups in total. The van der Waals surface area contributed by atoms with Gasteiger partial charge in [-0.1, -0.05) is 12.5 Å². The predicted octanol–water partition coefficient (Wildman–Crippen LogP) is 6.03. The predicted molar refractivity (Wildman–Crippen MR) is 179 cm³/mol. The van der Waals surface area contributed by atoms with E-state index < -0.39 is 29.3 Å². The maximum Gasteiger partial charge on any atom is 0.490 e. The maximum atomic E-state index is 12.5. The number of nitrogens with one attached hydrogen (secondary N) is 2. The lowest BCUT2D eigenvalue weighted by Crippen LogP contribution is -2.47. The normalized spacial score (nSPS) is 14.8. The number of hydrogen-bond acceptors (Lipinski definition) is 13. The van der Waals surface area contributed by atoms with Gasteiger partial charge in [0.15, 0.2) is 0 Å². The number of amides is 1. The summed E-state index contributed by atoms with van der Waals surface area (Å²) < 4.78 is 54.6. The minimum Gasteiger partial charge on any atom is -0.475 e. The van der Waals surface area contributed by atoms with E-state index in [9.17, 15) is 31.7 Å². The Bertz CT molecular complexity index is 1540. The molecule has 50 heavy (non-hydrogen) atoms. The van der Waals surface area contributed by atoms with Gasteiger partial charge in [-0.05, 0) is 83.4 Å². The van der Waals surface area contributed by atoms with Crippen molar-refractivity contribution >= 4 is 58.4 Å². The van der Waals surface area contributed by atoms with Gasteiger partial charge in [0.25, 0.3) is 5.91 Å². The summed E-state index contributed by atoms with van der Waals surface area (Å²) in [7, 11) is 0. The van der Waals surface area contributed by atoms with Crippen LogP contribution in [0.25, 0.3) is 0 Å². The number of carboxylic acid groups (broad SMARTS) is 1. The van der Waals surface area contributed by atoms with E-state index in [0.29, 0.717) is 16.3 Å². The third kappa shape index (κ3) is 17.5. The van der Waals surface area contributed by atoms with Gasteiger partial charge in [-0.25, -0.2) is 24.0 Å². The zero-order valence-corrected chi connectivity index (χ0v) is 29.3. The third-order valence-corrected chi connectivity index (χ3v) is 7.17. The van der Waals surface area contributed by atoms with Crippen molar-refractivity contribution in [2.45, 2.75) is 71.3 Å². The Hall–Kier alpha value is -4.92. The standard InChI is InChI=1S/C14H16N6OS.C5H3NS.C5H11N.C4H6F2O2.C2HF3O2/c1-4-10(20-14(2,3)8-17-13(16)19-20)12(21)18-9-5-6-22-11(9)7-15;6-3-5-1-2-7-4-5;1-2-4-6-5-3-1;1-4(2,5)3(7)8-6;3-2(4,5)1(6)7/h4-6,8H,1-3H3,(H2,16,19)(H,18,21);1-2,4H;6H,1-5H2;1-2H3;(H,6,7)/b10-4-;;;;. The highest BCUT2D eigenvalue weighted by atomic mass is 32.1. The van der Waals surface area contributed by atoms with Gasteiger partial charge in [-0.3, -0.25) is 9.74 Å².